The van der Waals surface area contributed by atoms with Crippen LogP contribution in [-0.2, 0) is 0 Å². The molecule has 0 saturated heterocycles. The fourth-order valence-electron chi connectivity index (χ4n) is 0.464. The second-order valence-corrected chi connectivity index (χ2v) is 1.80. The molecule has 11 heavy (non-hydrogen) atoms. The molecule has 0 aliphatic rings. The fourth-order valence-corrected chi connectivity index (χ4v) is 0.464. The number of hydrogen-bond acceptors (Lipinski definition) is 2. The van der Waals surface area contributed by atoms with Crippen LogP contribution >= 0.6 is 0 Å². The summed E-state index contributed by atoms with van der Waals surface area (Å²) in [5, 5.41) is 7.38. The number of hydrogen-bond donors (Lipinski definition) is 1. The molecule has 0 aromatic carbocycles. The minimum absolute atomic E-state index is 0. The quantitative estimate of drug-likeness (QED) is 0.571. The third kappa shape index (κ3) is 4.40. The van der Waals surface area contributed by atoms with E-state index in [0.29, 0.717) is 5.82 Å². The summed E-state index contributed by atoms with van der Waals surface area (Å²) in [4.78, 5) is 0. The third-order valence-corrected chi connectivity index (χ3v) is 1.23. The first-order chi connectivity index (χ1) is 4.72. The maximum absolute atomic E-state index is 5.37. The van der Waals surface area contributed by atoms with Crippen molar-refractivity contribution in [1.29, 1.82) is 0 Å². The summed E-state index contributed by atoms with van der Waals surface area (Å²) in [5.41, 5.74) is 7.28. The van der Waals surface area contributed by atoms with E-state index in [2.05, 4.69) is 10.2 Å². The third-order valence-electron chi connectivity index (χ3n) is 1.23. The van der Waals surface area contributed by atoms with E-state index in [1.165, 1.54) is 0 Å². The molecule has 0 aliphatic carbocycles. The van der Waals surface area contributed by atoms with Crippen LogP contribution in [0.3, 0.4) is 0 Å². The fraction of sp³-hybridized carbons (Fsp3) is 0.571. The van der Waals surface area contributed by atoms with Crippen molar-refractivity contribution in [2.24, 2.45) is 0 Å². The summed E-state index contributed by atoms with van der Waals surface area (Å²) < 4.78 is 0. The van der Waals surface area contributed by atoms with E-state index in [-0.39, 0.29) is 58.2 Å². The van der Waals surface area contributed by atoms with Gasteiger partial charge in [-0.15, -0.1) is 0 Å². The molecule has 0 spiro atoms. The Balaban J connectivity index is 0. The van der Waals surface area contributed by atoms with Crippen LogP contribution in [0.1, 0.15) is 25.1 Å². The molecule has 0 unspecified atom stereocenters. The van der Waals surface area contributed by atoms with E-state index in [4.69, 9.17) is 5.73 Å². The van der Waals surface area contributed by atoms with Gasteiger partial charge in [-0.05, 0) is 25.2 Å². The van der Waals surface area contributed by atoms with Gasteiger partial charge in [0.2, 0.25) is 0 Å². The number of aryl methyl sites for hydroxylation is 1. The smallest absolute Gasteiger partial charge is 0.493 e. The first-order valence-corrected chi connectivity index (χ1v) is 3.44. The summed E-state index contributed by atoms with van der Waals surface area (Å²) in [6, 6.07) is 0. The molecule has 0 atom stereocenters. The molecule has 4 heteroatoms. The topological polar surface area (TPSA) is 53.0 Å². The second kappa shape index (κ2) is 7.46. The Hall–Kier alpha value is 0.815. The van der Waals surface area contributed by atoms with Gasteiger partial charge in [0.15, 0.2) is 0 Å². The Morgan fingerprint density at radius 2 is 1.73 bits per heavy atom. The number of aromatic nitrogens is 2. The summed E-state index contributed by atoms with van der Waals surface area (Å²) in [6.45, 7) is 7.80. The molecule has 1 rings (SSSR count). The molecule has 1 heterocycles. The average Bonchev–Trinajstić information content (AvgIpc) is 2.25. The van der Waals surface area contributed by atoms with Gasteiger partial charge in [0.25, 0.3) is 0 Å². The van der Waals surface area contributed by atoms with Crippen LogP contribution in [0.4, 0.5) is 5.82 Å². The van der Waals surface area contributed by atoms with Gasteiger partial charge >= 0.3 is 58.2 Å². The van der Waals surface area contributed by atoms with Crippen molar-refractivity contribution in [1.82, 2.24) is 10.2 Å². The number of nitrogen functional groups attached to an aromatic ring is 1. The van der Waals surface area contributed by atoms with Crippen LogP contribution in [0.15, 0.2) is 0 Å². The zero-order valence-corrected chi connectivity index (χ0v) is 12.9. The van der Waals surface area contributed by atoms with E-state index in [0.717, 1.165) is 11.3 Å². The van der Waals surface area contributed by atoms with Crippen molar-refractivity contribution in [3.8, 4) is 0 Å². The molecule has 3 nitrogen and oxygen atoms in total. The Bertz CT molecular complexity index is 176. The number of nitrogens with zero attached hydrogens (tertiary/aromatic N) is 2. The minimum atomic E-state index is 0. The van der Waals surface area contributed by atoms with E-state index in [1.807, 2.05) is 27.7 Å². The van der Waals surface area contributed by atoms with Gasteiger partial charge in [-0.2, -0.15) is 0 Å². The van der Waals surface area contributed by atoms with Crippen molar-refractivity contribution in [3.63, 3.8) is 0 Å². The van der Waals surface area contributed by atoms with Crippen molar-refractivity contribution in [3.05, 3.63) is 11.3 Å². The van der Waals surface area contributed by atoms with Crippen molar-refractivity contribution >= 4 is 5.82 Å². The monoisotopic (exact) mass is 225 g/mol. The Kier molecular flexibility index (Phi) is 9.73. The molecule has 0 saturated carbocycles. The predicted molar refractivity (Wildman–Crippen MR) is 42.8 cm³/mol. The zero-order chi connectivity index (χ0) is 8.15. The first-order valence-electron chi connectivity index (χ1n) is 3.44. The SMILES string of the molecule is CC.Cc1n[n-]c(N)c1C.[Rb+]. The summed E-state index contributed by atoms with van der Waals surface area (Å²) in [5.74, 6) is 0.544. The number of nitrogens with two attached hydrogens (primary N) is 1. The van der Waals surface area contributed by atoms with Crippen LogP contribution in [0.2, 0.25) is 0 Å². The molecule has 0 aliphatic heterocycles. The van der Waals surface area contributed by atoms with Gasteiger partial charge in [0, 0.05) is 5.69 Å². The van der Waals surface area contributed by atoms with Crippen LogP contribution in [0, 0.1) is 13.8 Å². The summed E-state index contributed by atoms with van der Waals surface area (Å²) >= 11 is 0. The molecule has 0 amide bonds. The second-order valence-electron chi connectivity index (χ2n) is 1.80. The molecule has 1 aromatic rings. The van der Waals surface area contributed by atoms with Gasteiger partial charge in [-0.3, -0.25) is 5.10 Å². The predicted octanol–water partition coefficient (Wildman–Crippen LogP) is -1.73. The maximum Gasteiger partial charge on any atom is 1.00 e. The van der Waals surface area contributed by atoms with E-state index >= 15 is 0 Å². The zero-order valence-electron chi connectivity index (χ0n) is 7.97. The van der Waals surface area contributed by atoms with E-state index < -0.39 is 0 Å². The normalized spacial score (nSPS) is 7.64. The van der Waals surface area contributed by atoms with Crippen LogP contribution in [-0.4, -0.2) is 5.10 Å². The van der Waals surface area contributed by atoms with Crippen LogP contribution in [0.5, 0.6) is 0 Å². The Morgan fingerprint density at radius 1 is 1.27 bits per heavy atom. The molecule has 0 fully saturated rings. The van der Waals surface area contributed by atoms with Gasteiger partial charge in [0.1, 0.15) is 0 Å². The standard InChI is InChI=1S/C5H8N3.C2H6.Rb/c1-3-4(2)7-8-5(3)6;1-2;/h1-2H3,(H2-,6,7,8);1-2H3;/q-1;;+1. The summed E-state index contributed by atoms with van der Waals surface area (Å²) in [7, 11) is 0. The largest absolute Gasteiger partial charge is 1.00 e. The molecule has 0 radical (unpaired) electrons. The molecule has 2 N–H and O–H groups in total. The average molecular weight is 226 g/mol. The van der Waals surface area contributed by atoms with Gasteiger partial charge in [-0.25, -0.2) is 0 Å². The van der Waals surface area contributed by atoms with Crippen LogP contribution < -0.4 is 69.0 Å². The van der Waals surface area contributed by atoms with Crippen LogP contribution in [0.25, 0.3) is 0 Å². The number of anilines is 1. The molecule has 58 valence electrons. The van der Waals surface area contributed by atoms with Gasteiger partial charge < -0.3 is 10.8 Å². The molecular formula is C7H14N3Rb. The van der Waals surface area contributed by atoms with Crippen molar-refractivity contribution in [2.75, 3.05) is 5.73 Å². The summed E-state index contributed by atoms with van der Waals surface area (Å²) in [6.07, 6.45) is 0. The van der Waals surface area contributed by atoms with Gasteiger partial charge in [0.05, 0.1) is 0 Å². The van der Waals surface area contributed by atoms with Gasteiger partial charge in [-0.1, -0.05) is 13.8 Å². The maximum atomic E-state index is 5.37. The minimum Gasteiger partial charge on any atom is -0.493 e. The van der Waals surface area contributed by atoms with Crippen molar-refractivity contribution < 1.29 is 58.2 Å². The van der Waals surface area contributed by atoms with Crippen molar-refractivity contribution in [2.45, 2.75) is 27.7 Å². The molecule has 0 bridgehead atoms. The van der Waals surface area contributed by atoms with E-state index in [1.54, 1.807) is 0 Å². The first kappa shape index (κ1) is 14.3. The molecular weight excluding hydrogens is 212 g/mol. The Morgan fingerprint density at radius 3 is 1.82 bits per heavy atom. The molecule has 1 aromatic heterocycles. The van der Waals surface area contributed by atoms with E-state index in [9.17, 15) is 0 Å². The number of rotatable bonds is 0. The Labute approximate surface area is 117 Å².